The van der Waals surface area contributed by atoms with Crippen LogP contribution in [-0.4, -0.2) is 48.2 Å². The van der Waals surface area contributed by atoms with E-state index in [1.807, 2.05) is 6.07 Å². The van der Waals surface area contributed by atoms with Gasteiger partial charge in [0.25, 0.3) is 0 Å². The predicted octanol–water partition coefficient (Wildman–Crippen LogP) is 2.71. The molecule has 2 aromatic rings. The summed E-state index contributed by atoms with van der Waals surface area (Å²) in [5.41, 5.74) is 2.04. The Kier molecular flexibility index (Phi) is 4.06. The maximum Gasteiger partial charge on any atom is 0.230 e. The first-order valence-corrected chi connectivity index (χ1v) is 8.80. The summed E-state index contributed by atoms with van der Waals surface area (Å²) in [5, 5.41) is 4.30. The lowest BCUT2D eigenvalue weighted by Crippen LogP contribution is -2.30. The minimum Gasteiger partial charge on any atom is -0.374 e. The van der Waals surface area contributed by atoms with Gasteiger partial charge in [-0.1, -0.05) is 6.07 Å². The van der Waals surface area contributed by atoms with Gasteiger partial charge in [-0.15, -0.1) is 0 Å². The highest BCUT2D eigenvalue weighted by Gasteiger charge is 2.44. The number of hydrogen-bond acceptors (Lipinski definition) is 3. The quantitative estimate of drug-likeness (QED) is 0.918. The van der Waals surface area contributed by atoms with Crippen LogP contribution in [0, 0.1) is 5.92 Å². The number of carbonyl (C=O) groups is 1. The van der Waals surface area contributed by atoms with E-state index >= 15 is 0 Å². The number of hydrogen-bond donors (Lipinski definition) is 1. The van der Waals surface area contributed by atoms with Crippen molar-refractivity contribution in [3.8, 4) is 0 Å². The number of nitrogens with zero attached hydrogens (tertiary/aromatic N) is 2. The molecule has 1 N–H and O–H groups in total. The topological polar surface area (TPSA) is 46.5 Å². The molecule has 2 bridgehead atoms. The molecule has 1 aromatic carbocycles. The van der Waals surface area contributed by atoms with Gasteiger partial charge in [-0.3, -0.25) is 4.79 Å². The second-order valence-electron chi connectivity index (χ2n) is 7.29. The Morgan fingerprint density at radius 3 is 2.92 bits per heavy atom. The second kappa shape index (κ2) is 6.22. The molecule has 1 amide bonds. The van der Waals surface area contributed by atoms with Gasteiger partial charge in [-0.05, 0) is 56.9 Å². The molecule has 24 heavy (non-hydrogen) atoms. The van der Waals surface area contributed by atoms with Crippen LogP contribution in [0.5, 0.6) is 0 Å². The monoisotopic (exact) mass is 327 g/mol. The number of nitrogens with one attached hydrogen (secondary N) is 1. The van der Waals surface area contributed by atoms with Crippen LogP contribution in [0.2, 0.25) is 0 Å². The van der Waals surface area contributed by atoms with Crippen molar-refractivity contribution in [2.45, 2.75) is 38.0 Å². The average molecular weight is 327 g/mol. The molecular weight excluding hydrogens is 302 g/mol. The molecule has 3 atom stereocenters. The maximum absolute atomic E-state index is 12.6. The SMILES string of the molecule is CN(C)CCn1ccc2ccc(NC(=O)[C@@H]3C[C@H]4CC[C@H]3O4)cc21. The van der Waals surface area contributed by atoms with E-state index in [2.05, 4.69) is 53.3 Å². The Morgan fingerprint density at radius 2 is 2.21 bits per heavy atom. The first-order chi connectivity index (χ1) is 11.6. The van der Waals surface area contributed by atoms with Crippen molar-refractivity contribution in [3.63, 3.8) is 0 Å². The molecule has 4 rings (SSSR count). The molecule has 0 aliphatic carbocycles. The molecule has 3 heterocycles. The summed E-state index contributed by atoms with van der Waals surface area (Å²) >= 11 is 0. The molecule has 128 valence electrons. The molecular formula is C19H25N3O2. The number of anilines is 1. The first kappa shape index (κ1) is 15.7. The number of ether oxygens (including phenoxy) is 1. The minimum atomic E-state index is 0.0139. The maximum atomic E-state index is 12.6. The third kappa shape index (κ3) is 2.94. The smallest absolute Gasteiger partial charge is 0.230 e. The van der Waals surface area contributed by atoms with Crippen molar-refractivity contribution in [1.82, 2.24) is 9.47 Å². The fraction of sp³-hybridized carbons (Fsp3) is 0.526. The zero-order chi connectivity index (χ0) is 16.7. The van der Waals surface area contributed by atoms with Crippen molar-refractivity contribution in [2.75, 3.05) is 26.0 Å². The van der Waals surface area contributed by atoms with Gasteiger partial charge in [-0.2, -0.15) is 0 Å². The summed E-state index contributed by atoms with van der Waals surface area (Å²) in [7, 11) is 4.16. The van der Waals surface area contributed by atoms with Gasteiger partial charge in [0.15, 0.2) is 0 Å². The summed E-state index contributed by atoms with van der Waals surface area (Å²) in [4.78, 5) is 14.7. The molecule has 2 aliphatic rings. The van der Waals surface area contributed by atoms with E-state index in [1.165, 1.54) is 10.9 Å². The first-order valence-electron chi connectivity index (χ1n) is 8.80. The van der Waals surface area contributed by atoms with Gasteiger partial charge in [0.2, 0.25) is 5.91 Å². The second-order valence-corrected chi connectivity index (χ2v) is 7.29. The molecule has 0 saturated carbocycles. The number of likely N-dealkylation sites (N-methyl/N-ethyl adjacent to an activating group) is 1. The van der Waals surface area contributed by atoms with Crippen LogP contribution in [0.25, 0.3) is 10.9 Å². The molecule has 5 nitrogen and oxygen atoms in total. The van der Waals surface area contributed by atoms with Crippen LogP contribution in [0.1, 0.15) is 19.3 Å². The van der Waals surface area contributed by atoms with E-state index in [9.17, 15) is 4.79 Å². The van der Waals surface area contributed by atoms with Crippen LogP contribution >= 0.6 is 0 Å². The Morgan fingerprint density at radius 1 is 1.33 bits per heavy atom. The summed E-state index contributed by atoms with van der Waals surface area (Å²) in [6.45, 7) is 1.93. The standard InChI is InChI=1S/C19H25N3O2/c1-21(2)9-10-22-8-7-13-3-4-14(11-17(13)22)20-19(23)16-12-15-5-6-18(16)24-15/h3-4,7-8,11,15-16,18H,5-6,9-10,12H2,1-2H3,(H,20,23)/t15-,16-,18-/m1/s1. The van der Waals surface area contributed by atoms with Crippen LogP contribution in [0.4, 0.5) is 5.69 Å². The average Bonchev–Trinajstić information content (AvgIpc) is 3.28. The molecule has 0 unspecified atom stereocenters. The molecule has 0 spiro atoms. The highest BCUT2D eigenvalue weighted by molar-refractivity contribution is 5.95. The zero-order valence-corrected chi connectivity index (χ0v) is 14.4. The Labute approximate surface area is 142 Å². The third-order valence-corrected chi connectivity index (χ3v) is 5.27. The van der Waals surface area contributed by atoms with Gasteiger partial charge in [0, 0.05) is 25.0 Å². The van der Waals surface area contributed by atoms with E-state index < -0.39 is 0 Å². The molecule has 0 radical (unpaired) electrons. The number of aromatic nitrogens is 1. The highest BCUT2D eigenvalue weighted by atomic mass is 16.5. The van der Waals surface area contributed by atoms with Gasteiger partial charge < -0.3 is 19.5 Å². The molecule has 5 heteroatoms. The van der Waals surface area contributed by atoms with E-state index in [0.717, 1.165) is 38.0 Å². The summed E-state index contributed by atoms with van der Waals surface area (Å²) in [5.74, 6) is 0.118. The zero-order valence-electron chi connectivity index (χ0n) is 14.4. The number of benzene rings is 1. The van der Waals surface area contributed by atoms with Gasteiger partial charge in [0.05, 0.1) is 23.6 Å². The van der Waals surface area contributed by atoms with Crippen LogP contribution in [0.15, 0.2) is 30.5 Å². The lowest BCUT2D eigenvalue weighted by Gasteiger charge is -2.18. The van der Waals surface area contributed by atoms with Gasteiger partial charge >= 0.3 is 0 Å². The third-order valence-electron chi connectivity index (χ3n) is 5.27. The minimum absolute atomic E-state index is 0.0139. The summed E-state index contributed by atoms with van der Waals surface area (Å²) in [6, 6.07) is 8.27. The lowest BCUT2D eigenvalue weighted by atomic mass is 9.88. The fourth-order valence-corrected chi connectivity index (χ4v) is 3.91. The van der Waals surface area contributed by atoms with Crippen molar-refractivity contribution >= 4 is 22.5 Å². The van der Waals surface area contributed by atoms with Crippen LogP contribution < -0.4 is 5.32 Å². The number of amides is 1. The lowest BCUT2D eigenvalue weighted by molar-refractivity contribution is -0.121. The Balaban J connectivity index is 1.49. The number of carbonyl (C=O) groups excluding carboxylic acids is 1. The summed E-state index contributed by atoms with van der Waals surface area (Å²) < 4.78 is 8.05. The van der Waals surface area contributed by atoms with Crippen molar-refractivity contribution in [3.05, 3.63) is 30.5 Å². The normalized spacial score (nSPS) is 25.7. The number of fused-ring (bicyclic) bond motifs is 3. The van der Waals surface area contributed by atoms with E-state index in [1.54, 1.807) is 0 Å². The number of rotatable bonds is 5. The molecule has 2 saturated heterocycles. The van der Waals surface area contributed by atoms with E-state index in [4.69, 9.17) is 4.74 Å². The van der Waals surface area contributed by atoms with E-state index in [0.29, 0.717) is 6.10 Å². The van der Waals surface area contributed by atoms with Crippen LogP contribution in [0.3, 0.4) is 0 Å². The highest BCUT2D eigenvalue weighted by Crippen LogP contribution is 2.39. The van der Waals surface area contributed by atoms with Crippen LogP contribution in [-0.2, 0) is 16.1 Å². The molecule has 2 fully saturated rings. The largest absolute Gasteiger partial charge is 0.374 e. The Hall–Kier alpha value is -1.85. The predicted molar refractivity (Wildman–Crippen MR) is 95.1 cm³/mol. The van der Waals surface area contributed by atoms with Gasteiger partial charge in [0.1, 0.15) is 0 Å². The summed E-state index contributed by atoms with van der Waals surface area (Å²) in [6.07, 6.45) is 5.55. The fourth-order valence-electron chi connectivity index (χ4n) is 3.91. The van der Waals surface area contributed by atoms with E-state index in [-0.39, 0.29) is 17.9 Å². The van der Waals surface area contributed by atoms with Crippen molar-refractivity contribution < 1.29 is 9.53 Å². The Bertz CT molecular complexity index is 752. The molecule has 1 aromatic heterocycles. The van der Waals surface area contributed by atoms with Crippen molar-refractivity contribution in [1.29, 1.82) is 0 Å². The molecule has 2 aliphatic heterocycles. The van der Waals surface area contributed by atoms with Gasteiger partial charge in [-0.25, -0.2) is 0 Å². The van der Waals surface area contributed by atoms with Crippen molar-refractivity contribution in [2.24, 2.45) is 5.92 Å².